The lowest BCUT2D eigenvalue weighted by molar-refractivity contribution is 0.0890. The molecule has 156 valence electrons. The van der Waals surface area contributed by atoms with Crippen molar-refractivity contribution in [2.75, 3.05) is 13.1 Å². The van der Waals surface area contributed by atoms with Crippen LogP contribution in [0.2, 0.25) is 0 Å². The first-order valence-corrected chi connectivity index (χ1v) is 11.8. The number of amides is 1. The largest absolute Gasteiger partial charge is 0.351 e. The van der Waals surface area contributed by atoms with Crippen molar-refractivity contribution in [3.63, 3.8) is 0 Å². The van der Waals surface area contributed by atoms with Crippen LogP contribution < -0.4 is 5.32 Å². The molecule has 2 aromatic rings. The third kappa shape index (κ3) is 4.53. The van der Waals surface area contributed by atoms with Gasteiger partial charge in [0.1, 0.15) is 0 Å². The Bertz CT molecular complexity index is 936. The summed E-state index contributed by atoms with van der Waals surface area (Å²) in [6.07, 6.45) is 7.07. The number of nitrogens with zero attached hydrogens (tertiary/aromatic N) is 2. The number of hydrogen-bond donors (Lipinski definition) is 1. The molecule has 2 heterocycles. The van der Waals surface area contributed by atoms with E-state index in [2.05, 4.69) is 10.5 Å². The lowest BCUT2D eigenvalue weighted by atomic mass is 9.95. The smallest absolute Gasteiger partial charge is 0.290 e. The third-order valence-corrected chi connectivity index (χ3v) is 7.76. The third-order valence-electron chi connectivity index (χ3n) is 5.88. The van der Waals surface area contributed by atoms with Crippen molar-refractivity contribution in [3.8, 4) is 0 Å². The predicted molar refractivity (Wildman–Crippen MR) is 108 cm³/mol. The Hall–Kier alpha value is -2.19. The molecule has 1 atom stereocenters. The first-order chi connectivity index (χ1) is 14.0. The van der Waals surface area contributed by atoms with Crippen molar-refractivity contribution in [1.82, 2.24) is 14.8 Å². The number of carbonyl (C=O) groups excluding carboxylic acids is 1. The molecule has 1 saturated heterocycles. The fraction of sp³-hybridized carbons (Fsp3) is 0.524. The number of benzene rings is 1. The van der Waals surface area contributed by atoms with E-state index in [0.29, 0.717) is 23.7 Å². The minimum atomic E-state index is -3.54. The lowest BCUT2D eigenvalue weighted by Crippen LogP contribution is -2.39. The standard InChI is InChI=1S/C21H27N3O4S/c25-21(22-17-9-3-1-4-10-17)20-14-19(23-28-20)16-8-7-13-24(15-16)29(26,27)18-11-5-2-6-12-18/h2,5-6,11-12,14,16-17H,1,3-4,7-10,13,15H2,(H,22,25)/t16-/m0/s1. The highest BCUT2D eigenvalue weighted by Crippen LogP contribution is 2.30. The average molecular weight is 418 g/mol. The zero-order valence-electron chi connectivity index (χ0n) is 16.4. The van der Waals surface area contributed by atoms with Crippen LogP contribution in [0.4, 0.5) is 0 Å². The molecule has 8 heteroatoms. The molecule has 2 aliphatic rings. The fourth-order valence-electron chi connectivity index (χ4n) is 4.24. The number of rotatable bonds is 5. The lowest BCUT2D eigenvalue weighted by Gasteiger charge is -2.30. The summed E-state index contributed by atoms with van der Waals surface area (Å²) in [6, 6.07) is 10.3. The summed E-state index contributed by atoms with van der Waals surface area (Å²) in [5.41, 5.74) is 0.645. The number of hydrogen-bond acceptors (Lipinski definition) is 5. The van der Waals surface area contributed by atoms with Crippen molar-refractivity contribution < 1.29 is 17.7 Å². The first-order valence-electron chi connectivity index (χ1n) is 10.4. The van der Waals surface area contributed by atoms with Gasteiger partial charge in [0.25, 0.3) is 5.91 Å². The fourth-order valence-corrected chi connectivity index (χ4v) is 5.78. The minimum absolute atomic E-state index is 0.0813. The quantitative estimate of drug-likeness (QED) is 0.806. The Morgan fingerprint density at radius 3 is 2.59 bits per heavy atom. The van der Waals surface area contributed by atoms with Crippen molar-refractivity contribution >= 4 is 15.9 Å². The Balaban J connectivity index is 1.43. The van der Waals surface area contributed by atoms with Crippen LogP contribution in [0, 0.1) is 0 Å². The van der Waals surface area contributed by atoms with Crippen LogP contribution in [0.3, 0.4) is 0 Å². The molecule has 7 nitrogen and oxygen atoms in total. The summed E-state index contributed by atoms with van der Waals surface area (Å²) in [6.45, 7) is 0.827. The highest BCUT2D eigenvalue weighted by Gasteiger charge is 2.32. The predicted octanol–water partition coefficient (Wildman–Crippen LogP) is 3.31. The van der Waals surface area contributed by atoms with Gasteiger partial charge in [-0.25, -0.2) is 8.42 Å². The van der Waals surface area contributed by atoms with Gasteiger partial charge in [-0.3, -0.25) is 4.79 Å². The molecule has 0 unspecified atom stereocenters. The summed E-state index contributed by atoms with van der Waals surface area (Å²) in [5.74, 6) is -0.115. The van der Waals surface area contributed by atoms with Crippen molar-refractivity contribution in [3.05, 3.63) is 47.9 Å². The van der Waals surface area contributed by atoms with Gasteiger partial charge < -0.3 is 9.84 Å². The zero-order chi connectivity index (χ0) is 20.3. The van der Waals surface area contributed by atoms with E-state index >= 15 is 0 Å². The van der Waals surface area contributed by atoms with Gasteiger partial charge in [-0.1, -0.05) is 42.6 Å². The van der Waals surface area contributed by atoms with Crippen LogP contribution in [0.1, 0.15) is 67.1 Å². The van der Waals surface area contributed by atoms with E-state index in [1.54, 1.807) is 36.4 Å². The Kier molecular flexibility index (Phi) is 6.01. The second-order valence-corrected chi connectivity index (χ2v) is 9.88. The molecule has 0 bridgehead atoms. The number of piperidine rings is 1. The van der Waals surface area contributed by atoms with Gasteiger partial charge >= 0.3 is 0 Å². The summed E-state index contributed by atoms with van der Waals surface area (Å²) >= 11 is 0. The molecular weight excluding hydrogens is 390 g/mol. The van der Waals surface area contributed by atoms with Gasteiger partial charge in [-0.05, 0) is 37.8 Å². The van der Waals surface area contributed by atoms with E-state index in [4.69, 9.17) is 4.52 Å². The van der Waals surface area contributed by atoms with Crippen LogP contribution in [0.5, 0.6) is 0 Å². The van der Waals surface area contributed by atoms with Crippen LogP contribution in [0.25, 0.3) is 0 Å². The van der Waals surface area contributed by atoms with E-state index in [9.17, 15) is 13.2 Å². The molecule has 1 aliphatic heterocycles. The van der Waals surface area contributed by atoms with Gasteiger partial charge in [-0.15, -0.1) is 0 Å². The monoisotopic (exact) mass is 417 g/mol. The van der Waals surface area contributed by atoms with Gasteiger partial charge in [0.05, 0.1) is 10.6 Å². The highest BCUT2D eigenvalue weighted by atomic mass is 32.2. The Morgan fingerprint density at radius 1 is 1.07 bits per heavy atom. The van der Waals surface area contributed by atoms with E-state index in [0.717, 1.165) is 38.5 Å². The molecular formula is C21H27N3O4S. The average Bonchev–Trinajstić information content (AvgIpc) is 3.26. The van der Waals surface area contributed by atoms with Crippen LogP contribution >= 0.6 is 0 Å². The summed E-state index contributed by atoms with van der Waals surface area (Å²) in [4.78, 5) is 12.8. The molecule has 1 amide bonds. The van der Waals surface area contributed by atoms with Crippen LogP contribution in [-0.2, 0) is 10.0 Å². The van der Waals surface area contributed by atoms with E-state index < -0.39 is 10.0 Å². The van der Waals surface area contributed by atoms with Gasteiger partial charge in [0.15, 0.2) is 0 Å². The Labute approximate surface area is 171 Å². The molecule has 1 N–H and O–H groups in total. The summed E-state index contributed by atoms with van der Waals surface area (Å²) in [5, 5.41) is 7.11. The zero-order valence-corrected chi connectivity index (χ0v) is 17.2. The normalized spacial score (nSPS) is 21.7. The number of nitrogens with one attached hydrogen (secondary N) is 1. The van der Waals surface area contributed by atoms with E-state index in [1.165, 1.54) is 10.7 Å². The van der Waals surface area contributed by atoms with Crippen LogP contribution in [0.15, 0.2) is 45.8 Å². The van der Waals surface area contributed by atoms with Crippen molar-refractivity contribution in [2.24, 2.45) is 0 Å². The van der Waals surface area contributed by atoms with E-state index in [1.807, 2.05) is 0 Å². The van der Waals surface area contributed by atoms with Crippen molar-refractivity contribution in [1.29, 1.82) is 0 Å². The summed E-state index contributed by atoms with van der Waals surface area (Å²) < 4.78 is 32.6. The van der Waals surface area contributed by atoms with Crippen LogP contribution in [-0.4, -0.2) is 42.9 Å². The summed E-state index contributed by atoms with van der Waals surface area (Å²) in [7, 11) is -3.54. The molecule has 4 rings (SSSR count). The number of carbonyl (C=O) groups is 1. The van der Waals surface area contributed by atoms with Gasteiger partial charge in [0.2, 0.25) is 15.8 Å². The second-order valence-electron chi connectivity index (χ2n) is 7.94. The molecule has 0 spiro atoms. The van der Waals surface area contributed by atoms with Gasteiger partial charge in [-0.2, -0.15) is 4.31 Å². The second kappa shape index (κ2) is 8.67. The van der Waals surface area contributed by atoms with Gasteiger partial charge in [0, 0.05) is 31.1 Å². The molecule has 0 radical (unpaired) electrons. The SMILES string of the molecule is O=C(NC1CCCCC1)c1cc([C@H]2CCCN(S(=O)(=O)c3ccccc3)C2)no1. The molecule has 1 aromatic heterocycles. The minimum Gasteiger partial charge on any atom is -0.351 e. The number of aromatic nitrogens is 1. The van der Waals surface area contributed by atoms with E-state index in [-0.39, 0.29) is 23.6 Å². The molecule has 29 heavy (non-hydrogen) atoms. The Morgan fingerprint density at radius 2 is 1.83 bits per heavy atom. The highest BCUT2D eigenvalue weighted by molar-refractivity contribution is 7.89. The maximum Gasteiger partial charge on any atom is 0.290 e. The van der Waals surface area contributed by atoms with Crippen molar-refractivity contribution in [2.45, 2.75) is 61.8 Å². The maximum absolute atomic E-state index is 12.9. The maximum atomic E-state index is 12.9. The molecule has 1 aromatic carbocycles. The topological polar surface area (TPSA) is 92.5 Å². The number of sulfonamides is 1. The molecule has 1 saturated carbocycles. The molecule has 1 aliphatic carbocycles. The molecule has 2 fully saturated rings. The first kappa shape index (κ1) is 20.1.